The predicted molar refractivity (Wildman–Crippen MR) is 107 cm³/mol. The first-order chi connectivity index (χ1) is 12.3. The Labute approximate surface area is 166 Å². The largest absolute Gasteiger partial charge is 0.270 e. The first-order valence-corrected chi connectivity index (χ1v) is 10.6. The second-order valence-corrected chi connectivity index (χ2v) is 8.52. The zero-order chi connectivity index (χ0) is 18.9. The molecule has 1 aromatic heterocycles. The van der Waals surface area contributed by atoms with E-state index in [1.54, 1.807) is 24.3 Å². The molecule has 0 saturated carbocycles. The van der Waals surface area contributed by atoms with Crippen molar-refractivity contribution in [2.75, 3.05) is 12.9 Å². The van der Waals surface area contributed by atoms with Crippen molar-refractivity contribution in [1.82, 2.24) is 4.98 Å². The number of halogens is 3. The summed E-state index contributed by atoms with van der Waals surface area (Å²) in [4.78, 5) is 4.41. The first-order valence-electron chi connectivity index (χ1n) is 7.63. The zero-order valence-electron chi connectivity index (χ0n) is 13.7. The minimum absolute atomic E-state index is 0.0518. The van der Waals surface area contributed by atoms with Crippen LogP contribution in [0.5, 0.6) is 0 Å². The Kier molecular flexibility index (Phi) is 5.75. The van der Waals surface area contributed by atoms with E-state index in [0.29, 0.717) is 21.1 Å². The Balaban J connectivity index is 2.24. The van der Waals surface area contributed by atoms with E-state index in [1.165, 1.54) is 0 Å². The average molecular weight is 431 g/mol. The number of fused-ring (bicyclic) bond motifs is 1. The molecule has 26 heavy (non-hydrogen) atoms. The van der Waals surface area contributed by atoms with E-state index in [2.05, 4.69) is 4.98 Å². The van der Waals surface area contributed by atoms with Crippen LogP contribution < -0.4 is 0 Å². The second kappa shape index (κ2) is 7.71. The Morgan fingerprint density at radius 3 is 2.50 bits per heavy atom. The van der Waals surface area contributed by atoms with E-state index >= 15 is 0 Å². The summed E-state index contributed by atoms with van der Waals surface area (Å²) in [6.07, 6.45) is 1.25. The van der Waals surface area contributed by atoms with Crippen LogP contribution >= 0.6 is 34.8 Å². The quantitative estimate of drug-likeness (QED) is 0.403. The van der Waals surface area contributed by atoms with Gasteiger partial charge in [-0.1, -0.05) is 53.0 Å². The maximum absolute atomic E-state index is 11.3. The summed E-state index contributed by atoms with van der Waals surface area (Å²) in [6, 6.07) is 12.6. The van der Waals surface area contributed by atoms with Gasteiger partial charge in [-0.3, -0.25) is 4.18 Å². The van der Waals surface area contributed by atoms with Crippen molar-refractivity contribution in [2.24, 2.45) is 0 Å². The molecule has 0 spiro atoms. The third kappa shape index (κ3) is 4.30. The van der Waals surface area contributed by atoms with Gasteiger partial charge in [-0.2, -0.15) is 8.42 Å². The Morgan fingerprint density at radius 2 is 1.81 bits per heavy atom. The van der Waals surface area contributed by atoms with Gasteiger partial charge < -0.3 is 0 Å². The highest BCUT2D eigenvalue weighted by Crippen LogP contribution is 2.39. The maximum Gasteiger partial charge on any atom is 0.264 e. The van der Waals surface area contributed by atoms with E-state index in [0.717, 1.165) is 22.8 Å². The molecule has 2 aromatic carbocycles. The molecular weight excluding hydrogens is 417 g/mol. The fourth-order valence-electron chi connectivity index (χ4n) is 2.74. The lowest BCUT2D eigenvalue weighted by Crippen LogP contribution is -2.08. The predicted octanol–water partition coefficient (Wildman–Crippen LogP) is 5.38. The van der Waals surface area contributed by atoms with E-state index < -0.39 is 10.1 Å². The standard InChI is InChI=1S/C18H14Cl3NO3S/c1-26(23,24)25-9-8-13-17(12-4-2-3-5-15(12)20)14-10-11(19)6-7-16(14)22-18(13)21/h2-7,10H,8-9H2,1H3. The molecule has 3 rings (SSSR count). The van der Waals surface area contributed by atoms with Crippen LogP contribution in [-0.4, -0.2) is 26.3 Å². The molecule has 0 aliphatic heterocycles. The fraction of sp³-hybridized carbons (Fsp3) is 0.167. The third-order valence-corrected chi connectivity index (χ3v) is 5.26. The Morgan fingerprint density at radius 1 is 1.08 bits per heavy atom. The van der Waals surface area contributed by atoms with Gasteiger partial charge >= 0.3 is 0 Å². The normalized spacial score (nSPS) is 11.8. The minimum atomic E-state index is -3.55. The summed E-state index contributed by atoms with van der Waals surface area (Å²) in [5, 5.41) is 2.14. The molecule has 0 aliphatic rings. The van der Waals surface area contributed by atoms with Crippen molar-refractivity contribution in [2.45, 2.75) is 6.42 Å². The summed E-state index contributed by atoms with van der Waals surface area (Å²) in [5.74, 6) is 0. The molecule has 1 heterocycles. The van der Waals surface area contributed by atoms with Crippen LogP contribution in [0.3, 0.4) is 0 Å². The molecule has 8 heteroatoms. The molecular formula is C18H14Cl3NO3S. The molecule has 0 bridgehead atoms. The van der Waals surface area contributed by atoms with Gasteiger partial charge in [0, 0.05) is 33.0 Å². The van der Waals surface area contributed by atoms with Crippen molar-refractivity contribution in [3.63, 3.8) is 0 Å². The highest BCUT2D eigenvalue weighted by Gasteiger charge is 2.18. The lowest BCUT2D eigenvalue weighted by Gasteiger charge is -2.16. The third-order valence-electron chi connectivity index (χ3n) is 3.79. The van der Waals surface area contributed by atoms with Crippen molar-refractivity contribution in [3.8, 4) is 11.1 Å². The number of benzene rings is 2. The maximum atomic E-state index is 11.3. The van der Waals surface area contributed by atoms with Gasteiger partial charge in [0.05, 0.1) is 18.4 Å². The average Bonchev–Trinajstić information content (AvgIpc) is 2.55. The molecule has 0 unspecified atom stereocenters. The minimum Gasteiger partial charge on any atom is -0.270 e. The van der Waals surface area contributed by atoms with Gasteiger partial charge in [-0.15, -0.1) is 0 Å². The van der Waals surface area contributed by atoms with Crippen molar-refractivity contribution in [3.05, 3.63) is 63.2 Å². The number of rotatable bonds is 5. The van der Waals surface area contributed by atoms with E-state index in [9.17, 15) is 8.42 Å². The van der Waals surface area contributed by atoms with E-state index in [-0.39, 0.29) is 18.2 Å². The lowest BCUT2D eigenvalue weighted by molar-refractivity contribution is 0.326. The van der Waals surface area contributed by atoms with E-state index in [1.807, 2.05) is 18.2 Å². The number of hydrogen-bond donors (Lipinski definition) is 0. The number of hydrogen-bond acceptors (Lipinski definition) is 4. The van der Waals surface area contributed by atoms with Crippen LogP contribution in [0, 0.1) is 0 Å². The molecule has 0 atom stereocenters. The Hall–Kier alpha value is -1.37. The van der Waals surface area contributed by atoms with Gasteiger partial charge in [0.1, 0.15) is 5.15 Å². The molecule has 3 aromatic rings. The fourth-order valence-corrected chi connectivity index (χ4v) is 3.81. The molecule has 0 aliphatic carbocycles. The molecule has 0 radical (unpaired) electrons. The molecule has 0 saturated heterocycles. The van der Waals surface area contributed by atoms with Gasteiger partial charge in [-0.25, -0.2) is 4.98 Å². The zero-order valence-corrected chi connectivity index (χ0v) is 16.8. The highest BCUT2D eigenvalue weighted by atomic mass is 35.5. The summed E-state index contributed by atoms with van der Waals surface area (Å²) in [5.41, 5.74) is 2.85. The smallest absolute Gasteiger partial charge is 0.264 e. The van der Waals surface area contributed by atoms with E-state index in [4.69, 9.17) is 39.0 Å². The number of aromatic nitrogens is 1. The molecule has 136 valence electrons. The Bertz CT molecular complexity index is 1080. The van der Waals surface area contributed by atoms with Gasteiger partial charge in [0.25, 0.3) is 10.1 Å². The SMILES string of the molecule is CS(=O)(=O)OCCc1c(Cl)nc2ccc(Cl)cc2c1-c1ccccc1Cl. The number of pyridine rings is 1. The van der Waals surface area contributed by atoms with Crippen LogP contribution in [0.2, 0.25) is 15.2 Å². The highest BCUT2D eigenvalue weighted by molar-refractivity contribution is 7.85. The van der Waals surface area contributed by atoms with Crippen LogP contribution in [0.1, 0.15) is 5.56 Å². The van der Waals surface area contributed by atoms with Crippen LogP contribution in [0.4, 0.5) is 0 Å². The first kappa shape index (κ1) is 19.4. The van der Waals surface area contributed by atoms with Gasteiger partial charge in [0.15, 0.2) is 0 Å². The van der Waals surface area contributed by atoms with Gasteiger partial charge in [0.2, 0.25) is 0 Å². The monoisotopic (exact) mass is 429 g/mol. The second-order valence-electron chi connectivity index (χ2n) is 5.67. The molecule has 0 N–H and O–H groups in total. The van der Waals surface area contributed by atoms with Crippen molar-refractivity contribution < 1.29 is 12.6 Å². The van der Waals surface area contributed by atoms with Crippen molar-refractivity contribution >= 4 is 55.8 Å². The summed E-state index contributed by atoms with van der Waals surface area (Å²) >= 11 is 19.0. The van der Waals surface area contributed by atoms with Crippen molar-refractivity contribution in [1.29, 1.82) is 0 Å². The molecule has 0 fully saturated rings. The van der Waals surface area contributed by atoms with Gasteiger partial charge in [-0.05, 0) is 29.8 Å². The molecule has 0 amide bonds. The molecule has 4 nitrogen and oxygen atoms in total. The van der Waals surface area contributed by atoms with Crippen LogP contribution in [0.25, 0.3) is 22.0 Å². The summed E-state index contributed by atoms with van der Waals surface area (Å²) in [7, 11) is -3.55. The topological polar surface area (TPSA) is 56.3 Å². The number of nitrogens with zero attached hydrogens (tertiary/aromatic N) is 1. The summed E-state index contributed by atoms with van der Waals surface area (Å²) < 4.78 is 27.4. The van der Waals surface area contributed by atoms with Crippen LogP contribution in [-0.2, 0) is 20.7 Å². The summed E-state index contributed by atoms with van der Waals surface area (Å²) in [6.45, 7) is -0.0518. The lowest BCUT2D eigenvalue weighted by atomic mass is 9.95. The van der Waals surface area contributed by atoms with Crippen LogP contribution in [0.15, 0.2) is 42.5 Å².